The Morgan fingerprint density at radius 2 is 1.84 bits per heavy atom. The predicted molar refractivity (Wildman–Crippen MR) is 98.4 cm³/mol. The van der Waals surface area contributed by atoms with Crippen LogP contribution in [0.2, 0.25) is 0 Å². The van der Waals surface area contributed by atoms with E-state index in [4.69, 9.17) is 4.74 Å². The Balaban J connectivity index is 1.33. The molecule has 4 nitrogen and oxygen atoms in total. The Morgan fingerprint density at radius 3 is 2.44 bits per heavy atom. The Kier molecular flexibility index (Phi) is 4.38. The summed E-state index contributed by atoms with van der Waals surface area (Å²) in [6, 6.07) is 8.04. The highest BCUT2D eigenvalue weighted by atomic mass is 16.5. The van der Waals surface area contributed by atoms with Gasteiger partial charge in [0.2, 0.25) is 0 Å². The Hall–Kier alpha value is -1.71. The van der Waals surface area contributed by atoms with Gasteiger partial charge in [0.05, 0.1) is 7.11 Å². The summed E-state index contributed by atoms with van der Waals surface area (Å²) in [5.74, 6) is 3.56. The molecule has 1 aromatic rings. The number of urea groups is 1. The zero-order valence-electron chi connectivity index (χ0n) is 15.4. The summed E-state index contributed by atoms with van der Waals surface area (Å²) in [5, 5.41) is 6.26. The molecule has 0 aliphatic heterocycles. The molecular formula is C21H30N2O2. The maximum atomic E-state index is 12.4. The molecule has 5 rings (SSSR count). The Morgan fingerprint density at radius 1 is 1.20 bits per heavy atom. The zero-order valence-corrected chi connectivity index (χ0v) is 15.4. The van der Waals surface area contributed by atoms with Crippen molar-refractivity contribution in [1.82, 2.24) is 10.6 Å². The number of hydrogen-bond donors (Lipinski definition) is 2. The van der Waals surface area contributed by atoms with E-state index in [9.17, 15) is 4.79 Å². The summed E-state index contributed by atoms with van der Waals surface area (Å²) in [7, 11) is 1.66. The molecule has 2 amide bonds. The zero-order chi connectivity index (χ0) is 17.4. The van der Waals surface area contributed by atoms with Crippen molar-refractivity contribution in [2.45, 2.75) is 58.0 Å². The van der Waals surface area contributed by atoms with Crippen LogP contribution in [0.1, 0.15) is 51.0 Å². The standard InChI is InChI=1S/C21H30N2O2/c1-14(21-10-16-6-17(11-21)8-18(7-16)12-21)23-20(24)22-13-15-4-3-5-19(9-15)25-2/h3-5,9,14,16-18H,6-8,10-13H2,1-2H3,(H2,22,23,24). The van der Waals surface area contributed by atoms with Crippen LogP contribution in [0.4, 0.5) is 4.79 Å². The molecule has 4 aliphatic carbocycles. The third-order valence-corrected chi connectivity index (χ3v) is 6.94. The fraction of sp³-hybridized carbons (Fsp3) is 0.667. The van der Waals surface area contributed by atoms with Crippen LogP contribution in [0.3, 0.4) is 0 Å². The number of carbonyl (C=O) groups is 1. The van der Waals surface area contributed by atoms with Gasteiger partial charge in [-0.15, -0.1) is 0 Å². The van der Waals surface area contributed by atoms with Crippen molar-refractivity contribution in [3.05, 3.63) is 29.8 Å². The van der Waals surface area contributed by atoms with Crippen LogP contribution in [0.5, 0.6) is 5.75 Å². The first kappa shape index (κ1) is 16.7. The van der Waals surface area contributed by atoms with Crippen LogP contribution >= 0.6 is 0 Å². The average Bonchev–Trinajstić information content (AvgIpc) is 2.59. The molecule has 1 unspecified atom stereocenters. The number of carbonyl (C=O) groups excluding carboxylic acids is 1. The molecule has 2 N–H and O–H groups in total. The van der Waals surface area contributed by atoms with Crippen LogP contribution in [0.25, 0.3) is 0 Å². The van der Waals surface area contributed by atoms with E-state index in [2.05, 4.69) is 17.6 Å². The molecule has 4 fully saturated rings. The van der Waals surface area contributed by atoms with E-state index in [1.807, 2.05) is 24.3 Å². The van der Waals surface area contributed by atoms with E-state index in [0.29, 0.717) is 12.0 Å². The molecule has 0 aromatic heterocycles. The molecule has 0 saturated heterocycles. The first-order valence-corrected chi connectivity index (χ1v) is 9.73. The van der Waals surface area contributed by atoms with E-state index in [1.165, 1.54) is 38.5 Å². The van der Waals surface area contributed by atoms with E-state index in [0.717, 1.165) is 29.1 Å². The number of amides is 2. The smallest absolute Gasteiger partial charge is 0.315 e. The van der Waals surface area contributed by atoms with Gasteiger partial charge in [-0.2, -0.15) is 0 Å². The Bertz CT molecular complexity index is 607. The summed E-state index contributed by atoms with van der Waals surface area (Å²) in [5.41, 5.74) is 1.40. The highest BCUT2D eigenvalue weighted by molar-refractivity contribution is 5.74. The van der Waals surface area contributed by atoms with Gasteiger partial charge in [-0.05, 0) is 86.3 Å². The fourth-order valence-electron chi connectivity index (χ4n) is 6.07. The van der Waals surface area contributed by atoms with E-state index in [1.54, 1.807) is 7.11 Å². The first-order chi connectivity index (χ1) is 12.1. The largest absolute Gasteiger partial charge is 0.497 e. The van der Waals surface area contributed by atoms with Crippen LogP contribution in [0.15, 0.2) is 24.3 Å². The molecular weight excluding hydrogens is 312 g/mol. The summed E-state index contributed by atoms with van der Waals surface area (Å²) in [6.45, 7) is 2.74. The van der Waals surface area contributed by atoms with Gasteiger partial charge in [0.1, 0.15) is 5.75 Å². The molecule has 4 heteroatoms. The van der Waals surface area contributed by atoms with Gasteiger partial charge in [0, 0.05) is 12.6 Å². The highest BCUT2D eigenvalue weighted by Crippen LogP contribution is 2.61. The van der Waals surface area contributed by atoms with Crippen molar-refractivity contribution in [2.75, 3.05) is 7.11 Å². The molecule has 136 valence electrons. The van der Waals surface area contributed by atoms with Crippen molar-refractivity contribution in [2.24, 2.45) is 23.2 Å². The molecule has 4 aliphatic rings. The molecule has 4 bridgehead atoms. The van der Waals surface area contributed by atoms with Gasteiger partial charge >= 0.3 is 6.03 Å². The van der Waals surface area contributed by atoms with Gasteiger partial charge in [-0.25, -0.2) is 4.79 Å². The second-order valence-corrected chi connectivity index (χ2v) is 8.68. The second-order valence-electron chi connectivity index (χ2n) is 8.68. The minimum absolute atomic E-state index is 0.0499. The summed E-state index contributed by atoms with van der Waals surface area (Å²) in [4.78, 5) is 12.4. The minimum atomic E-state index is -0.0499. The summed E-state index contributed by atoms with van der Waals surface area (Å²) < 4.78 is 5.24. The van der Waals surface area contributed by atoms with Crippen LogP contribution in [0, 0.1) is 23.2 Å². The van der Waals surface area contributed by atoms with Crippen molar-refractivity contribution >= 4 is 6.03 Å². The first-order valence-electron chi connectivity index (χ1n) is 9.73. The number of rotatable bonds is 5. The average molecular weight is 342 g/mol. The van der Waals surface area contributed by atoms with Crippen molar-refractivity contribution in [3.63, 3.8) is 0 Å². The molecule has 1 aromatic carbocycles. The lowest BCUT2D eigenvalue weighted by molar-refractivity contribution is -0.0682. The number of benzene rings is 1. The molecule has 4 saturated carbocycles. The van der Waals surface area contributed by atoms with Gasteiger partial charge in [-0.1, -0.05) is 12.1 Å². The normalized spacial score (nSPS) is 33.8. The highest BCUT2D eigenvalue weighted by Gasteiger charge is 2.53. The van der Waals surface area contributed by atoms with E-state index >= 15 is 0 Å². The number of hydrogen-bond acceptors (Lipinski definition) is 2. The number of methoxy groups -OCH3 is 1. The van der Waals surface area contributed by atoms with Crippen molar-refractivity contribution < 1.29 is 9.53 Å². The van der Waals surface area contributed by atoms with Gasteiger partial charge in [-0.3, -0.25) is 0 Å². The SMILES string of the molecule is COc1cccc(CNC(=O)NC(C)C23CC4CC(CC(C4)C2)C3)c1. The summed E-state index contributed by atoms with van der Waals surface area (Å²) in [6.07, 6.45) is 8.26. The van der Waals surface area contributed by atoms with Crippen LogP contribution in [-0.2, 0) is 6.54 Å². The lowest BCUT2D eigenvalue weighted by Gasteiger charge is -2.59. The van der Waals surface area contributed by atoms with Gasteiger partial charge in [0.15, 0.2) is 0 Å². The maximum absolute atomic E-state index is 12.4. The maximum Gasteiger partial charge on any atom is 0.315 e. The summed E-state index contributed by atoms with van der Waals surface area (Å²) >= 11 is 0. The molecule has 25 heavy (non-hydrogen) atoms. The predicted octanol–water partition coefficient (Wildman–Crippen LogP) is 4.10. The van der Waals surface area contributed by atoms with Crippen LogP contribution < -0.4 is 15.4 Å². The number of nitrogens with one attached hydrogen (secondary N) is 2. The van der Waals surface area contributed by atoms with E-state index < -0.39 is 0 Å². The quantitative estimate of drug-likeness (QED) is 0.846. The Labute approximate surface area is 150 Å². The van der Waals surface area contributed by atoms with Gasteiger partial charge < -0.3 is 15.4 Å². The fourth-order valence-corrected chi connectivity index (χ4v) is 6.07. The molecule has 0 heterocycles. The lowest BCUT2D eigenvalue weighted by Crippen LogP contribution is -2.57. The van der Waals surface area contributed by atoms with Gasteiger partial charge in [0.25, 0.3) is 0 Å². The monoisotopic (exact) mass is 342 g/mol. The molecule has 1 atom stereocenters. The topological polar surface area (TPSA) is 50.4 Å². The second kappa shape index (κ2) is 6.54. The molecule has 0 radical (unpaired) electrons. The van der Waals surface area contributed by atoms with Crippen LogP contribution in [-0.4, -0.2) is 19.2 Å². The third-order valence-electron chi connectivity index (χ3n) is 6.94. The third kappa shape index (κ3) is 3.36. The van der Waals surface area contributed by atoms with E-state index in [-0.39, 0.29) is 12.1 Å². The number of ether oxygens (including phenoxy) is 1. The lowest BCUT2D eigenvalue weighted by atomic mass is 9.48. The van der Waals surface area contributed by atoms with Crippen molar-refractivity contribution in [3.8, 4) is 5.75 Å². The molecule has 0 spiro atoms. The van der Waals surface area contributed by atoms with Crippen molar-refractivity contribution in [1.29, 1.82) is 0 Å². The minimum Gasteiger partial charge on any atom is -0.497 e.